The van der Waals surface area contributed by atoms with Crippen LogP contribution in [0.1, 0.15) is 49.7 Å². The van der Waals surface area contributed by atoms with Crippen LogP contribution in [-0.4, -0.2) is 12.5 Å². The summed E-state index contributed by atoms with van der Waals surface area (Å²) in [5.74, 6) is 0.971. The maximum atomic E-state index is 12.1. The van der Waals surface area contributed by atoms with Crippen molar-refractivity contribution in [3.8, 4) is 0 Å². The van der Waals surface area contributed by atoms with Crippen molar-refractivity contribution in [1.29, 1.82) is 0 Å². The van der Waals surface area contributed by atoms with Crippen LogP contribution in [0.25, 0.3) is 0 Å². The van der Waals surface area contributed by atoms with E-state index >= 15 is 0 Å². The molecule has 20 heavy (non-hydrogen) atoms. The van der Waals surface area contributed by atoms with Crippen LogP contribution in [0.3, 0.4) is 0 Å². The fraction of sp³-hybridized carbons (Fsp3) is 0.588. The van der Waals surface area contributed by atoms with Crippen molar-refractivity contribution in [2.75, 3.05) is 11.9 Å². The second kappa shape index (κ2) is 6.40. The van der Waals surface area contributed by atoms with Gasteiger partial charge in [0.2, 0.25) is 5.91 Å². The highest BCUT2D eigenvalue weighted by molar-refractivity contribution is 5.91. The van der Waals surface area contributed by atoms with Gasteiger partial charge in [0.25, 0.3) is 0 Å². The number of hydrogen-bond acceptors (Lipinski definition) is 2. The topological polar surface area (TPSA) is 41.1 Å². The van der Waals surface area contributed by atoms with E-state index in [0.29, 0.717) is 6.42 Å². The maximum absolute atomic E-state index is 12.1. The first-order valence-electron chi connectivity index (χ1n) is 7.94. The van der Waals surface area contributed by atoms with E-state index in [0.717, 1.165) is 37.5 Å². The Morgan fingerprint density at radius 3 is 3.00 bits per heavy atom. The van der Waals surface area contributed by atoms with E-state index in [4.69, 9.17) is 0 Å². The van der Waals surface area contributed by atoms with Crippen LogP contribution in [0.5, 0.6) is 0 Å². The summed E-state index contributed by atoms with van der Waals surface area (Å²) in [6.07, 6.45) is 8.08. The first-order chi connectivity index (χ1) is 9.83. The maximum Gasteiger partial charge on any atom is 0.224 e. The Labute approximate surface area is 121 Å². The van der Waals surface area contributed by atoms with E-state index < -0.39 is 0 Å². The lowest BCUT2D eigenvalue weighted by molar-refractivity contribution is -0.116. The third-order valence-electron chi connectivity index (χ3n) is 4.67. The Bertz CT molecular complexity index is 478. The summed E-state index contributed by atoms with van der Waals surface area (Å²) in [5.41, 5.74) is 3.67. The molecule has 1 aliphatic carbocycles. The zero-order valence-corrected chi connectivity index (χ0v) is 12.1. The summed E-state index contributed by atoms with van der Waals surface area (Å²) in [7, 11) is 0. The minimum absolute atomic E-state index is 0.184. The lowest BCUT2D eigenvalue weighted by Crippen LogP contribution is -2.25. The lowest BCUT2D eigenvalue weighted by atomic mass is 9.98. The summed E-state index contributed by atoms with van der Waals surface area (Å²) in [6.45, 7) is 1.92. The molecule has 0 aromatic heterocycles. The highest BCUT2D eigenvalue weighted by atomic mass is 16.1. The molecule has 3 heteroatoms. The second-order valence-corrected chi connectivity index (χ2v) is 6.11. The van der Waals surface area contributed by atoms with Gasteiger partial charge in [-0.25, -0.2) is 0 Å². The number of amides is 1. The zero-order valence-electron chi connectivity index (χ0n) is 12.1. The summed E-state index contributed by atoms with van der Waals surface area (Å²) in [4.78, 5) is 12.1. The van der Waals surface area contributed by atoms with E-state index in [2.05, 4.69) is 16.7 Å². The predicted molar refractivity (Wildman–Crippen MR) is 81.7 cm³/mol. The van der Waals surface area contributed by atoms with Gasteiger partial charge in [-0.2, -0.15) is 0 Å². The molecule has 2 N–H and O–H groups in total. The molecule has 1 aromatic carbocycles. The van der Waals surface area contributed by atoms with Crippen molar-refractivity contribution >= 4 is 11.6 Å². The molecule has 108 valence electrons. The number of benzene rings is 1. The van der Waals surface area contributed by atoms with Crippen molar-refractivity contribution in [2.45, 2.75) is 51.5 Å². The van der Waals surface area contributed by atoms with Crippen LogP contribution < -0.4 is 10.6 Å². The molecule has 0 unspecified atom stereocenters. The number of carbonyl (C=O) groups is 1. The van der Waals surface area contributed by atoms with Gasteiger partial charge in [-0.05, 0) is 42.5 Å². The van der Waals surface area contributed by atoms with Gasteiger partial charge in [0.15, 0.2) is 0 Å². The minimum Gasteiger partial charge on any atom is -0.326 e. The fourth-order valence-corrected chi connectivity index (χ4v) is 3.50. The zero-order chi connectivity index (χ0) is 13.8. The summed E-state index contributed by atoms with van der Waals surface area (Å²) in [5, 5.41) is 6.50. The molecule has 1 amide bonds. The van der Waals surface area contributed by atoms with Crippen molar-refractivity contribution < 1.29 is 4.79 Å². The molecular weight excluding hydrogens is 248 g/mol. The van der Waals surface area contributed by atoms with Gasteiger partial charge < -0.3 is 10.6 Å². The standard InChI is InChI=1S/C17H24N2O/c20-17(9-8-13-4-1-2-5-13)19-16-7-3-6-14-12-18-11-10-15(14)16/h3,6-7,13,18H,1-2,4-5,8-12H2,(H,19,20). The van der Waals surface area contributed by atoms with Gasteiger partial charge in [-0.1, -0.05) is 37.8 Å². The van der Waals surface area contributed by atoms with Gasteiger partial charge in [0.05, 0.1) is 0 Å². The van der Waals surface area contributed by atoms with Crippen LogP contribution in [0.2, 0.25) is 0 Å². The predicted octanol–water partition coefficient (Wildman–Crippen LogP) is 3.24. The van der Waals surface area contributed by atoms with Crippen LogP contribution in [0.15, 0.2) is 18.2 Å². The number of fused-ring (bicyclic) bond motifs is 1. The van der Waals surface area contributed by atoms with Crippen LogP contribution >= 0.6 is 0 Å². The third-order valence-corrected chi connectivity index (χ3v) is 4.67. The minimum atomic E-state index is 0.184. The number of rotatable bonds is 4. The Balaban J connectivity index is 1.58. The van der Waals surface area contributed by atoms with E-state index in [9.17, 15) is 4.79 Å². The van der Waals surface area contributed by atoms with Gasteiger partial charge >= 0.3 is 0 Å². The average molecular weight is 272 g/mol. The molecule has 0 atom stereocenters. The molecule has 0 radical (unpaired) electrons. The Morgan fingerprint density at radius 2 is 2.15 bits per heavy atom. The van der Waals surface area contributed by atoms with Crippen molar-refractivity contribution in [3.05, 3.63) is 29.3 Å². The van der Waals surface area contributed by atoms with E-state index in [1.165, 1.54) is 36.8 Å². The van der Waals surface area contributed by atoms with E-state index in [1.807, 2.05) is 12.1 Å². The molecule has 2 aliphatic rings. The summed E-state index contributed by atoms with van der Waals surface area (Å²) in [6, 6.07) is 6.23. The molecule has 1 aromatic rings. The smallest absolute Gasteiger partial charge is 0.224 e. The summed E-state index contributed by atoms with van der Waals surface area (Å²) >= 11 is 0. The number of carbonyl (C=O) groups excluding carboxylic acids is 1. The van der Waals surface area contributed by atoms with Crippen LogP contribution in [0, 0.1) is 5.92 Å². The monoisotopic (exact) mass is 272 g/mol. The molecule has 1 heterocycles. The normalized spacial score (nSPS) is 18.8. The Kier molecular flexibility index (Phi) is 4.36. The molecule has 0 saturated heterocycles. The molecule has 0 bridgehead atoms. The third kappa shape index (κ3) is 3.21. The number of anilines is 1. The first-order valence-corrected chi connectivity index (χ1v) is 7.94. The largest absolute Gasteiger partial charge is 0.326 e. The van der Waals surface area contributed by atoms with E-state index in [-0.39, 0.29) is 5.91 Å². The molecule has 3 nitrogen and oxygen atoms in total. The Hall–Kier alpha value is -1.35. The van der Waals surface area contributed by atoms with Crippen LogP contribution in [-0.2, 0) is 17.8 Å². The molecule has 3 rings (SSSR count). The fourth-order valence-electron chi connectivity index (χ4n) is 3.50. The van der Waals surface area contributed by atoms with Gasteiger partial charge in [0, 0.05) is 18.7 Å². The van der Waals surface area contributed by atoms with Crippen molar-refractivity contribution in [2.24, 2.45) is 5.92 Å². The van der Waals surface area contributed by atoms with Gasteiger partial charge in [0.1, 0.15) is 0 Å². The highest BCUT2D eigenvalue weighted by Gasteiger charge is 2.17. The van der Waals surface area contributed by atoms with Crippen molar-refractivity contribution in [3.63, 3.8) is 0 Å². The lowest BCUT2D eigenvalue weighted by Gasteiger charge is -2.20. The van der Waals surface area contributed by atoms with Gasteiger partial charge in [-0.15, -0.1) is 0 Å². The second-order valence-electron chi connectivity index (χ2n) is 6.11. The molecular formula is C17H24N2O. The quantitative estimate of drug-likeness (QED) is 0.883. The molecule has 1 aliphatic heterocycles. The molecule has 1 fully saturated rings. The van der Waals surface area contributed by atoms with Crippen LogP contribution in [0.4, 0.5) is 5.69 Å². The van der Waals surface area contributed by atoms with Crippen molar-refractivity contribution in [1.82, 2.24) is 5.32 Å². The van der Waals surface area contributed by atoms with E-state index in [1.54, 1.807) is 0 Å². The summed E-state index contributed by atoms with van der Waals surface area (Å²) < 4.78 is 0. The highest BCUT2D eigenvalue weighted by Crippen LogP contribution is 2.29. The Morgan fingerprint density at radius 1 is 1.30 bits per heavy atom. The number of nitrogens with one attached hydrogen (secondary N) is 2. The van der Waals surface area contributed by atoms with Gasteiger partial charge in [-0.3, -0.25) is 4.79 Å². The first kappa shape index (κ1) is 13.6. The molecule has 1 saturated carbocycles. The average Bonchev–Trinajstić information content (AvgIpc) is 2.99. The number of hydrogen-bond donors (Lipinski definition) is 2. The molecule has 0 spiro atoms. The SMILES string of the molecule is O=C(CCC1CCCC1)Nc1cccc2c1CCNC2.